The van der Waals surface area contributed by atoms with Gasteiger partial charge in [-0.1, -0.05) is 12.1 Å². The number of thiazole rings is 1. The summed E-state index contributed by atoms with van der Waals surface area (Å²) in [6, 6.07) is 8.84. The second kappa shape index (κ2) is 5.98. The van der Waals surface area contributed by atoms with Crippen molar-refractivity contribution in [3.8, 4) is 5.69 Å². The van der Waals surface area contributed by atoms with Crippen LogP contribution in [0.2, 0.25) is 0 Å². The van der Waals surface area contributed by atoms with Crippen LogP contribution in [0.15, 0.2) is 54.7 Å². The van der Waals surface area contributed by atoms with Gasteiger partial charge in [0.2, 0.25) is 0 Å². The fourth-order valence-corrected chi connectivity index (χ4v) is 2.59. The number of rotatable bonds is 5. The van der Waals surface area contributed by atoms with Gasteiger partial charge < -0.3 is 9.88 Å². The van der Waals surface area contributed by atoms with Gasteiger partial charge in [-0.05, 0) is 24.6 Å². The van der Waals surface area contributed by atoms with Crippen molar-refractivity contribution in [3.05, 3.63) is 65.1 Å². The normalized spacial score (nSPS) is 12.4. The van der Waals surface area contributed by atoms with Gasteiger partial charge in [-0.25, -0.2) is 4.98 Å². The van der Waals surface area contributed by atoms with Crippen LogP contribution in [0.4, 0.5) is 0 Å². The molecular formula is C15H16N4S. The molecule has 20 heavy (non-hydrogen) atoms. The van der Waals surface area contributed by atoms with Crippen LogP contribution in [-0.4, -0.2) is 14.5 Å². The third kappa shape index (κ3) is 2.95. The van der Waals surface area contributed by atoms with Crippen LogP contribution in [0.5, 0.6) is 0 Å². The molecule has 0 aliphatic rings. The maximum atomic E-state index is 4.08. The van der Waals surface area contributed by atoms with E-state index in [0.29, 0.717) is 6.04 Å². The molecule has 0 bridgehead atoms. The molecule has 2 aromatic heterocycles. The van der Waals surface area contributed by atoms with E-state index in [2.05, 4.69) is 46.5 Å². The van der Waals surface area contributed by atoms with E-state index < -0.39 is 0 Å². The highest BCUT2D eigenvalue weighted by molar-refractivity contribution is 7.09. The average molecular weight is 284 g/mol. The van der Waals surface area contributed by atoms with E-state index in [1.807, 2.05) is 22.5 Å². The Bertz CT molecular complexity index is 629. The predicted octanol–water partition coefficient (Wildman–Crippen LogP) is 3.18. The number of imidazole rings is 1. The molecule has 0 saturated heterocycles. The highest BCUT2D eigenvalue weighted by Gasteiger charge is 2.05. The second-order valence-electron chi connectivity index (χ2n) is 4.63. The average Bonchev–Trinajstić information content (AvgIpc) is 3.18. The number of nitrogens with zero attached hydrogens (tertiary/aromatic N) is 3. The molecular weight excluding hydrogens is 268 g/mol. The standard InChI is InChI=1S/C15H16N4S/c1-12(18-9-15-8-17-11-20-15)13-2-4-14(5-3-13)19-7-6-16-10-19/h2-8,10-12,18H,9H2,1H3. The largest absolute Gasteiger partial charge is 0.306 e. The van der Waals surface area contributed by atoms with Crippen molar-refractivity contribution in [2.75, 3.05) is 0 Å². The number of nitrogens with one attached hydrogen (secondary N) is 1. The predicted molar refractivity (Wildman–Crippen MR) is 80.9 cm³/mol. The van der Waals surface area contributed by atoms with Crippen LogP contribution >= 0.6 is 11.3 Å². The molecule has 3 rings (SSSR count). The zero-order valence-electron chi connectivity index (χ0n) is 11.2. The zero-order valence-corrected chi connectivity index (χ0v) is 12.0. The van der Waals surface area contributed by atoms with Gasteiger partial charge in [0.1, 0.15) is 0 Å². The molecule has 0 saturated carbocycles. The first kappa shape index (κ1) is 13.0. The minimum atomic E-state index is 0.314. The highest BCUT2D eigenvalue weighted by Crippen LogP contribution is 2.16. The molecule has 4 nitrogen and oxygen atoms in total. The van der Waals surface area contributed by atoms with Crippen LogP contribution in [0.25, 0.3) is 5.69 Å². The van der Waals surface area contributed by atoms with E-state index in [0.717, 1.165) is 12.2 Å². The molecule has 3 aromatic rings. The Kier molecular flexibility index (Phi) is 3.90. The summed E-state index contributed by atoms with van der Waals surface area (Å²) in [6.07, 6.45) is 7.45. The summed E-state index contributed by atoms with van der Waals surface area (Å²) in [5, 5.41) is 3.51. The number of hydrogen-bond donors (Lipinski definition) is 1. The molecule has 1 atom stereocenters. The van der Waals surface area contributed by atoms with Crippen LogP contribution in [0, 0.1) is 0 Å². The number of hydrogen-bond acceptors (Lipinski definition) is 4. The lowest BCUT2D eigenvalue weighted by Gasteiger charge is -2.14. The van der Waals surface area contributed by atoms with Crippen LogP contribution in [0.3, 0.4) is 0 Å². The van der Waals surface area contributed by atoms with Gasteiger partial charge >= 0.3 is 0 Å². The number of benzene rings is 1. The van der Waals surface area contributed by atoms with E-state index in [4.69, 9.17) is 0 Å². The second-order valence-corrected chi connectivity index (χ2v) is 5.60. The van der Waals surface area contributed by atoms with Gasteiger partial charge in [0.05, 0.1) is 11.8 Å². The van der Waals surface area contributed by atoms with Crippen LogP contribution in [0.1, 0.15) is 23.4 Å². The Hall–Kier alpha value is -1.98. The van der Waals surface area contributed by atoms with Crippen molar-refractivity contribution in [3.63, 3.8) is 0 Å². The summed E-state index contributed by atoms with van der Waals surface area (Å²) in [4.78, 5) is 9.40. The minimum absolute atomic E-state index is 0.314. The molecule has 2 heterocycles. The van der Waals surface area contributed by atoms with Crippen LogP contribution in [-0.2, 0) is 6.54 Å². The van der Waals surface area contributed by atoms with E-state index in [1.165, 1.54) is 10.4 Å². The van der Waals surface area contributed by atoms with Crippen molar-refractivity contribution >= 4 is 11.3 Å². The molecule has 0 aliphatic heterocycles. The zero-order chi connectivity index (χ0) is 13.8. The first-order chi connectivity index (χ1) is 9.83. The van der Waals surface area contributed by atoms with E-state index in [1.54, 1.807) is 23.9 Å². The molecule has 0 spiro atoms. The Morgan fingerprint density at radius 2 is 2.10 bits per heavy atom. The third-order valence-corrected chi connectivity index (χ3v) is 4.04. The van der Waals surface area contributed by atoms with Gasteiger partial charge in [-0.2, -0.15) is 0 Å². The molecule has 0 aliphatic carbocycles. The summed E-state index contributed by atoms with van der Waals surface area (Å²) in [5.74, 6) is 0. The highest BCUT2D eigenvalue weighted by atomic mass is 32.1. The first-order valence-corrected chi connectivity index (χ1v) is 7.40. The van der Waals surface area contributed by atoms with Crippen LogP contribution < -0.4 is 5.32 Å². The van der Waals surface area contributed by atoms with Crippen molar-refractivity contribution in [1.29, 1.82) is 0 Å². The lowest BCUT2D eigenvalue weighted by molar-refractivity contribution is 0.578. The van der Waals surface area contributed by atoms with Gasteiger partial charge in [-0.15, -0.1) is 11.3 Å². The molecule has 5 heteroatoms. The molecule has 1 aromatic carbocycles. The fourth-order valence-electron chi connectivity index (χ4n) is 2.05. The topological polar surface area (TPSA) is 42.7 Å². The summed E-state index contributed by atoms with van der Waals surface area (Å²) in [7, 11) is 0. The monoisotopic (exact) mass is 284 g/mol. The lowest BCUT2D eigenvalue weighted by Crippen LogP contribution is -2.17. The lowest BCUT2D eigenvalue weighted by atomic mass is 10.1. The molecule has 1 unspecified atom stereocenters. The van der Waals surface area contributed by atoms with E-state index in [9.17, 15) is 0 Å². The maximum Gasteiger partial charge on any atom is 0.0991 e. The Morgan fingerprint density at radius 3 is 2.75 bits per heavy atom. The molecule has 0 radical (unpaired) electrons. The van der Waals surface area contributed by atoms with Crippen molar-refractivity contribution in [2.24, 2.45) is 0 Å². The minimum Gasteiger partial charge on any atom is -0.306 e. The Morgan fingerprint density at radius 1 is 1.25 bits per heavy atom. The summed E-state index contributed by atoms with van der Waals surface area (Å²) in [6.45, 7) is 3.03. The molecule has 102 valence electrons. The van der Waals surface area contributed by atoms with Crippen molar-refractivity contribution < 1.29 is 0 Å². The number of aromatic nitrogens is 3. The Balaban J connectivity index is 1.65. The molecule has 0 fully saturated rings. The van der Waals surface area contributed by atoms with E-state index >= 15 is 0 Å². The van der Waals surface area contributed by atoms with Gasteiger partial charge in [0.25, 0.3) is 0 Å². The summed E-state index contributed by atoms with van der Waals surface area (Å²) in [5.41, 5.74) is 4.26. The Labute approximate surface area is 122 Å². The van der Waals surface area contributed by atoms with Crippen molar-refractivity contribution in [2.45, 2.75) is 19.5 Å². The quantitative estimate of drug-likeness (QED) is 0.782. The third-order valence-electron chi connectivity index (χ3n) is 3.26. The van der Waals surface area contributed by atoms with Gasteiger partial charge in [0.15, 0.2) is 0 Å². The van der Waals surface area contributed by atoms with Gasteiger partial charge in [-0.3, -0.25) is 4.98 Å². The maximum absolute atomic E-state index is 4.08. The first-order valence-electron chi connectivity index (χ1n) is 6.52. The summed E-state index contributed by atoms with van der Waals surface area (Å²) >= 11 is 1.68. The van der Waals surface area contributed by atoms with Gasteiger partial charge in [0, 0.05) is 41.7 Å². The molecule has 1 N–H and O–H groups in total. The van der Waals surface area contributed by atoms with E-state index in [-0.39, 0.29) is 0 Å². The summed E-state index contributed by atoms with van der Waals surface area (Å²) < 4.78 is 2.00. The SMILES string of the molecule is CC(NCc1cncs1)c1ccc(-n2ccnc2)cc1. The molecule has 0 amide bonds. The van der Waals surface area contributed by atoms with Crippen molar-refractivity contribution in [1.82, 2.24) is 19.9 Å². The smallest absolute Gasteiger partial charge is 0.0991 e. The fraction of sp³-hybridized carbons (Fsp3) is 0.200.